The van der Waals surface area contributed by atoms with Gasteiger partial charge in [-0.2, -0.15) is 5.10 Å². The zero-order chi connectivity index (χ0) is 20.9. The van der Waals surface area contributed by atoms with Gasteiger partial charge in [-0.15, -0.1) is 10.2 Å². The second kappa shape index (κ2) is 8.87. The van der Waals surface area contributed by atoms with Crippen molar-refractivity contribution in [3.8, 4) is 17.2 Å². The van der Waals surface area contributed by atoms with Gasteiger partial charge in [-0.25, -0.2) is 0 Å². The molecule has 0 spiro atoms. The summed E-state index contributed by atoms with van der Waals surface area (Å²) in [5.74, 6) is 1.61. The second-order valence-electron chi connectivity index (χ2n) is 6.41. The molecule has 2 aromatic heterocycles. The number of benzene rings is 2. The van der Waals surface area contributed by atoms with Gasteiger partial charge in [0.2, 0.25) is 11.8 Å². The molecule has 0 aliphatic heterocycles. The molecule has 4 rings (SSSR count). The van der Waals surface area contributed by atoms with Crippen LogP contribution in [0.2, 0.25) is 0 Å². The van der Waals surface area contributed by atoms with Gasteiger partial charge in [0, 0.05) is 23.0 Å². The highest BCUT2D eigenvalue weighted by Gasteiger charge is 2.12. The van der Waals surface area contributed by atoms with Gasteiger partial charge in [-0.3, -0.25) is 14.8 Å². The number of nitro groups is 1. The van der Waals surface area contributed by atoms with Gasteiger partial charge in [-0.05, 0) is 42.0 Å². The van der Waals surface area contributed by atoms with E-state index in [-0.39, 0.29) is 5.69 Å². The quantitative estimate of drug-likeness (QED) is 0.277. The Morgan fingerprint density at radius 2 is 2.00 bits per heavy atom. The Labute approximate surface area is 179 Å². The van der Waals surface area contributed by atoms with E-state index in [9.17, 15) is 10.1 Å². The summed E-state index contributed by atoms with van der Waals surface area (Å²) in [4.78, 5) is 10.2. The van der Waals surface area contributed by atoms with E-state index in [0.717, 1.165) is 21.3 Å². The molecule has 0 atom stereocenters. The summed E-state index contributed by atoms with van der Waals surface area (Å²) in [5.41, 5.74) is 1.71. The fourth-order valence-corrected chi connectivity index (χ4v) is 3.01. The lowest BCUT2D eigenvalue weighted by atomic mass is 10.1. The maximum atomic E-state index is 10.7. The fourth-order valence-electron chi connectivity index (χ4n) is 2.74. The van der Waals surface area contributed by atoms with Gasteiger partial charge < -0.3 is 9.15 Å². The van der Waals surface area contributed by atoms with Crippen molar-refractivity contribution in [2.75, 3.05) is 0 Å². The lowest BCUT2D eigenvalue weighted by Crippen LogP contribution is -2.01. The topological polar surface area (TPSA) is 109 Å². The maximum absolute atomic E-state index is 10.7. The minimum Gasteiger partial charge on any atom is -0.489 e. The van der Waals surface area contributed by atoms with Gasteiger partial charge in [0.05, 0.1) is 4.92 Å². The van der Waals surface area contributed by atoms with Gasteiger partial charge in [0.15, 0.2) is 0 Å². The standard InChI is InChI=1S/C20H16BrN5O4/c21-16-4-6-18(7-5-16)29-13-14-2-1-3-15(10-14)20-24-23-19(30-20)8-9-25-12-17(11-22-25)26(27)28/h1-7,10-12H,8-9,13H2. The molecule has 0 fully saturated rings. The van der Waals surface area contributed by atoms with E-state index < -0.39 is 4.92 Å². The molecule has 0 radical (unpaired) electrons. The third-order valence-corrected chi connectivity index (χ3v) is 4.77. The number of hydrogen-bond acceptors (Lipinski definition) is 7. The van der Waals surface area contributed by atoms with Crippen LogP contribution in [0.15, 0.2) is 69.8 Å². The molecular weight excluding hydrogens is 454 g/mol. The molecule has 0 N–H and O–H groups in total. The van der Waals surface area contributed by atoms with E-state index in [1.807, 2.05) is 48.5 Å². The summed E-state index contributed by atoms with van der Waals surface area (Å²) in [6.45, 7) is 0.811. The number of rotatable bonds is 8. The Kier molecular flexibility index (Phi) is 5.84. The predicted molar refractivity (Wildman–Crippen MR) is 111 cm³/mol. The Morgan fingerprint density at radius 1 is 1.17 bits per heavy atom. The van der Waals surface area contributed by atoms with Crippen LogP contribution < -0.4 is 4.74 Å². The van der Waals surface area contributed by atoms with Crippen LogP contribution in [0.1, 0.15) is 11.5 Å². The highest BCUT2D eigenvalue weighted by Crippen LogP contribution is 2.22. The van der Waals surface area contributed by atoms with Crippen LogP contribution in [-0.2, 0) is 19.6 Å². The third-order valence-electron chi connectivity index (χ3n) is 4.25. The highest BCUT2D eigenvalue weighted by atomic mass is 79.9. The predicted octanol–water partition coefficient (Wildman–Crippen LogP) is 4.43. The first-order valence-corrected chi connectivity index (χ1v) is 9.83. The Morgan fingerprint density at radius 3 is 2.77 bits per heavy atom. The molecule has 2 heterocycles. The zero-order valence-corrected chi connectivity index (χ0v) is 17.2. The largest absolute Gasteiger partial charge is 0.489 e. The van der Waals surface area contributed by atoms with Crippen LogP contribution in [0, 0.1) is 10.1 Å². The third kappa shape index (κ3) is 4.90. The summed E-state index contributed by atoms with van der Waals surface area (Å²) in [6.07, 6.45) is 2.99. The Balaban J connectivity index is 1.38. The molecule has 0 saturated carbocycles. The van der Waals surface area contributed by atoms with E-state index in [4.69, 9.17) is 9.15 Å². The monoisotopic (exact) mass is 469 g/mol. The molecule has 30 heavy (non-hydrogen) atoms. The average Bonchev–Trinajstić information content (AvgIpc) is 3.42. The van der Waals surface area contributed by atoms with Crippen LogP contribution >= 0.6 is 15.9 Å². The van der Waals surface area contributed by atoms with E-state index in [0.29, 0.717) is 31.4 Å². The zero-order valence-electron chi connectivity index (χ0n) is 15.6. The fraction of sp³-hybridized carbons (Fsp3) is 0.150. The summed E-state index contributed by atoms with van der Waals surface area (Å²) < 4.78 is 14.0. The lowest BCUT2D eigenvalue weighted by molar-refractivity contribution is -0.385. The molecule has 152 valence electrons. The van der Waals surface area contributed by atoms with Crippen LogP contribution in [-0.4, -0.2) is 24.9 Å². The van der Waals surface area contributed by atoms with Crippen molar-refractivity contribution in [1.29, 1.82) is 0 Å². The molecule has 4 aromatic rings. The van der Waals surface area contributed by atoms with Crippen LogP contribution in [0.4, 0.5) is 5.69 Å². The Bertz CT molecular complexity index is 1160. The number of halogens is 1. The summed E-state index contributed by atoms with van der Waals surface area (Å²) in [7, 11) is 0. The van der Waals surface area contributed by atoms with Crippen molar-refractivity contribution in [3.05, 3.63) is 87.0 Å². The first-order chi connectivity index (χ1) is 14.6. The van der Waals surface area contributed by atoms with E-state index >= 15 is 0 Å². The first kappa shape index (κ1) is 19.8. The first-order valence-electron chi connectivity index (χ1n) is 9.04. The summed E-state index contributed by atoms with van der Waals surface area (Å²) in [5, 5.41) is 22.8. The van der Waals surface area contributed by atoms with Gasteiger partial charge in [-0.1, -0.05) is 28.1 Å². The minimum atomic E-state index is -0.484. The van der Waals surface area contributed by atoms with Crippen molar-refractivity contribution in [2.24, 2.45) is 0 Å². The lowest BCUT2D eigenvalue weighted by Gasteiger charge is -2.07. The SMILES string of the molecule is O=[N+]([O-])c1cnn(CCc2nnc(-c3cccc(COc4ccc(Br)cc4)c3)o2)c1. The van der Waals surface area contributed by atoms with Crippen molar-refractivity contribution in [2.45, 2.75) is 19.6 Å². The van der Waals surface area contributed by atoms with Crippen molar-refractivity contribution in [3.63, 3.8) is 0 Å². The van der Waals surface area contributed by atoms with Gasteiger partial charge in [0.25, 0.3) is 0 Å². The van der Waals surface area contributed by atoms with E-state index in [1.54, 1.807) is 0 Å². The van der Waals surface area contributed by atoms with Crippen LogP contribution in [0.25, 0.3) is 11.5 Å². The van der Waals surface area contributed by atoms with Crippen molar-refractivity contribution >= 4 is 21.6 Å². The minimum absolute atomic E-state index is 0.0524. The van der Waals surface area contributed by atoms with E-state index in [2.05, 4.69) is 31.2 Å². The number of ether oxygens (including phenoxy) is 1. The molecule has 0 aliphatic carbocycles. The molecule has 0 aliphatic rings. The number of hydrogen-bond donors (Lipinski definition) is 0. The second-order valence-corrected chi connectivity index (χ2v) is 7.33. The van der Waals surface area contributed by atoms with Crippen molar-refractivity contribution < 1.29 is 14.1 Å². The molecule has 0 unspecified atom stereocenters. The normalized spacial score (nSPS) is 10.8. The summed E-state index contributed by atoms with van der Waals surface area (Å²) in [6, 6.07) is 15.3. The molecule has 10 heteroatoms. The molecule has 0 amide bonds. The number of nitrogens with zero attached hydrogens (tertiary/aromatic N) is 5. The smallest absolute Gasteiger partial charge is 0.306 e. The average molecular weight is 470 g/mol. The van der Waals surface area contributed by atoms with Gasteiger partial charge in [0.1, 0.15) is 24.8 Å². The number of aryl methyl sites for hydroxylation is 2. The van der Waals surface area contributed by atoms with Crippen molar-refractivity contribution in [1.82, 2.24) is 20.0 Å². The number of aromatic nitrogens is 4. The van der Waals surface area contributed by atoms with Gasteiger partial charge >= 0.3 is 5.69 Å². The molecule has 0 saturated heterocycles. The molecule has 9 nitrogen and oxygen atoms in total. The van der Waals surface area contributed by atoms with E-state index in [1.165, 1.54) is 17.1 Å². The maximum Gasteiger partial charge on any atom is 0.306 e. The summed E-state index contributed by atoms with van der Waals surface area (Å²) >= 11 is 3.40. The molecule has 0 bridgehead atoms. The molecule has 2 aromatic carbocycles. The molecular formula is C20H16BrN5O4. The highest BCUT2D eigenvalue weighted by molar-refractivity contribution is 9.10. The van der Waals surface area contributed by atoms with Crippen LogP contribution in [0.5, 0.6) is 5.75 Å². The van der Waals surface area contributed by atoms with Crippen LogP contribution in [0.3, 0.4) is 0 Å². The Hall–Kier alpha value is -3.53.